The molecule has 2 aromatic rings. The molecule has 0 unspecified atom stereocenters. The lowest BCUT2D eigenvalue weighted by Gasteiger charge is -2.16. The molecular weight excluding hydrogens is 430 g/mol. The summed E-state index contributed by atoms with van der Waals surface area (Å²) in [5, 5.41) is 0. The van der Waals surface area contributed by atoms with Crippen molar-refractivity contribution in [3.8, 4) is 0 Å². The number of nitrogens with zero attached hydrogens (tertiary/aromatic N) is 1. The van der Waals surface area contributed by atoms with Gasteiger partial charge in [0.15, 0.2) is 5.78 Å². The van der Waals surface area contributed by atoms with E-state index in [1.807, 2.05) is 36.2 Å². The minimum absolute atomic E-state index is 0.175. The molecule has 0 N–H and O–H groups in total. The Morgan fingerprint density at radius 1 is 1.08 bits per heavy atom. The van der Waals surface area contributed by atoms with Crippen LogP contribution in [-0.2, 0) is 12.6 Å². The van der Waals surface area contributed by atoms with Gasteiger partial charge in [0.1, 0.15) is 0 Å². The average Bonchev–Trinajstić information content (AvgIpc) is 2.53. The van der Waals surface area contributed by atoms with E-state index < -0.39 is 11.7 Å². The van der Waals surface area contributed by atoms with Gasteiger partial charge in [-0.3, -0.25) is 9.69 Å². The highest BCUT2D eigenvalue weighted by molar-refractivity contribution is 14.1. The van der Waals surface area contributed by atoms with Crippen LogP contribution < -0.4 is 0 Å². The molecule has 0 heterocycles. The number of likely N-dealkylation sites (N-methyl/N-ethyl adjacent to an activating group) is 1. The lowest BCUT2D eigenvalue weighted by atomic mass is 10.1. The van der Waals surface area contributed by atoms with E-state index in [2.05, 4.69) is 22.6 Å². The first-order chi connectivity index (χ1) is 11.3. The molecular formula is C18H17F3INO. The molecule has 0 fully saturated rings. The molecule has 2 aromatic carbocycles. The summed E-state index contributed by atoms with van der Waals surface area (Å²) in [7, 11) is 1.83. The van der Waals surface area contributed by atoms with Crippen molar-refractivity contribution in [2.24, 2.45) is 0 Å². The zero-order valence-electron chi connectivity index (χ0n) is 13.1. The van der Waals surface area contributed by atoms with E-state index >= 15 is 0 Å². The third kappa shape index (κ3) is 5.31. The number of carbonyl (C=O) groups is 1. The van der Waals surface area contributed by atoms with Gasteiger partial charge < -0.3 is 0 Å². The van der Waals surface area contributed by atoms with Crippen molar-refractivity contribution in [1.82, 2.24) is 4.90 Å². The summed E-state index contributed by atoms with van der Waals surface area (Å²) in [6, 6.07) is 12.4. The van der Waals surface area contributed by atoms with Gasteiger partial charge >= 0.3 is 6.18 Å². The predicted molar refractivity (Wildman–Crippen MR) is 96.1 cm³/mol. The smallest absolute Gasteiger partial charge is 0.299 e. The van der Waals surface area contributed by atoms with Crippen LogP contribution in [0.5, 0.6) is 0 Å². The van der Waals surface area contributed by atoms with E-state index in [0.717, 1.165) is 18.6 Å². The highest BCUT2D eigenvalue weighted by atomic mass is 127. The summed E-state index contributed by atoms with van der Waals surface area (Å²) in [5.41, 5.74) is 0.766. The lowest BCUT2D eigenvalue weighted by Crippen LogP contribution is -2.28. The summed E-state index contributed by atoms with van der Waals surface area (Å²) in [6.45, 7) is 0.876. The van der Waals surface area contributed by atoms with E-state index in [1.165, 1.54) is 21.3 Å². The van der Waals surface area contributed by atoms with Crippen LogP contribution in [0, 0.1) is 3.57 Å². The number of rotatable bonds is 6. The van der Waals surface area contributed by atoms with Gasteiger partial charge in [-0.05, 0) is 59.8 Å². The molecule has 0 spiro atoms. The van der Waals surface area contributed by atoms with Gasteiger partial charge in [-0.15, -0.1) is 0 Å². The fraction of sp³-hybridized carbons (Fsp3) is 0.278. The molecule has 0 amide bonds. The maximum atomic E-state index is 12.5. The summed E-state index contributed by atoms with van der Waals surface area (Å²) < 4.78 is 38.8. The van der Waals surface area contributed by atoms with Crippen LogP contribution >= 0.6 is 22.6 Å². The van der Waals surface area contributed by atoms with Crippen molar-refractivity contribution in [2.75, 3.05) is 20.1 Å². The van der Waals surface area contributed by atoms with Crippen LogP contribution in [0.4, 0.5) is 13.2 Å². The number of halogens is 4. The third-order valence-corrected chi connectivity index (χ3v) is 4.72. The molecule has 0 aliphatic heterocycles. The van der Waals surface area contributed by atoms with Gasteiger partial charge in [0.05, 0.1) is 12.1 Å². The summed E-state index contributed by atoms with van der Waals surface area (Å²) in [5.74, 6) is -0.186. The van der Waals surface area contributed by atoms with Crippen LogP contribution in [0.25, 0.3) is 0 Å². The van der Waals surface area contributed by atoms with E-state index in [4.69, 9.17) is 0 Å². The zero-order valence-corrected chi connectivity index (χ0v) is 15.3. The topological polar surface area (TPSA) is 20.3 Å². The predicted octanol–water partition coefficient (Wildman–Crippen LogP) is 4.67. The van der Waals surface area contributed by atoms with Crippen molar-refractivity contribution in [1.29, 1.82) is 0 Å². The Kier molecular flexibility index (Phi) is 6.40. The normalized spacial score (nSPS) is 11.8. The van der Waals surface area contributed by atoms with E-state index in [9.17, 15) is 18.0 Å². The van der Waals surface area contributed by atoms with Crippen LogP contribution in [0.2, 0.25) is 0 Å². The summed E-state index contributed by atoms with van der Waals surface area (Å²) >= 11 is 2.27. The molecule has 24 heavy (non-hydrogen) atoms. The first kappa shape index (κ1) is 18.9. The van der Waals surface area contributed by atoms with Gasteiger partial charge in [-0.2, -0.15) is 13.2 Å². The van der Waals surface area contributed by atoms with Crippen LogP contribution in [0.15, 0.2) is 48.5 Å². The second-order valence-electron chi connectivity index (χ2n) is 5.58. The Morgan fingerprint density at radius 2 is 1.71 bits per heavy atom. The Hall–Kier alpha value is -1.41. The molecule has 0 atom stereocenters. The van der Waals surface area contributed by atoms with E-state index in [1.54, 1.807) is 0 Å². The number of benzene rings is 2. The van der Waals surface area contributed by atoms with Crippen LogP contribution in [0.1, 0.15) is 21.5 Å². The Morgan fingerprint density at radius 3 is 2.29 bits per heavy atom. The molecule has 0 aromatic heterocycles. The molecule has 2 rings (SSSR count). The molecule has 0 saturated heterocycles. The molecule has 0 aliphatic rings. The summed E-state index contributed by atoms with van der Waals surface area (Å²) in [4.78, 5) is 14.0. The quantitative estimate of drug-likeness (QED) is 0.474. The van der Waals surface area contributed by atoms with Crippen LogP contribution in [-0.4, -0.2) is 30.8 Å². The number of hydrogen-bond acceptors (Lipinski definition) is 2. The second-order valence-corrected chi connectivity index (χ2v) is 6.74. The number of Topliss-reactive ketones (excluding diaryl/α,β-unsaturated/α-hetero) is 1. The fourth-order valence-corrected chi connectivity index (χ4v) is 2.93. The first-order valence-electron chi connectivity index (χ1n) is 7.40. The van der Waals surface area contributed by atoms with E-state index in [0.29, 0.717) is 12.1 Å². The lowest BCUT2D eigenvalue weighted by molar-refractivity contribution is -0.137. The minimum atomic E-state index is -4.38. The molecule has 6 heteroatoms. The first-order valence-corrected chi connectivity index (χ1v) is 8.47. The Balaban J connectivity index is 1.90. The third-order valence-electron chi connectivity index (χ3n) is 3.67. The average molecular weight is 447 g/mol. The fourth-order valence-electron chi connectivity index (χ4n) is 2.27. The van der Waals surface area contributed by atoms with E-state index in [-0.39, 0.29) is 12.3 Å². The molecule has 0 radical (unpaired) electrons. The number of hydrogen-bond donors (Lipinski definition) is 0. The highest BCUT2D eigenvalue weighted by Gasteiger charge is 2.30. The Labute approximate surface area is 152 Å². The molecule has 0 aliphatic carbocycles. The number of carbonyl (C=O) groups excluding carboxylic acids is 1. The van der Waals surface area contributed by atoms with Crippen molar-refractivity contribution in [2.45, 2.75) is 12.6 Å². The van der Waals surface area contributed by atoms with Crippen LogP contribution in [0.3, 0.4) is 0 Å². The van der Waals surface area contributed by atoms with Gasteiger partial charge in [0.2, 0.25) is 0 Å². The monoisotopic (exact) mass is 447 g/mol. The largest absolute Gasteiger partial charge is 0.416 e. The molecule has 0 saturated carbocycles. The summed E-state index contributed by atoms with van der Waals surface area (Å²) in [6.07, 6.45) is -3.57. The standard InChI is InChI=1S/C18H17F3INO/c1-23(11-10-13-4-2-3-5-16(13)22)12-17(24)14-6-8-15(9-7-14)18(19,20)21/h2-9H,10-12H2,1H3. The van der Waals surface area contributed by atoms with Gasteiger partial charge in [-0.25, -0.2) is 0 Å². The zero-order chi connectivity index (χ0) is 17.7. The molecule has 0 bridgehead atoms. The molecule has 2 nitrogen and oxygen atoms in total. The van der Waals surface area contributed by atoms with Crippen molar-refractivity contribution in [3.05, 3.63) is 68.8 Å². The van der Waals surface area contributed by atoms with Crippen molar-refractivity contribution < 1.29 is 18.0 Å². The van der Waals surface area contributed by atoms with Crippen molar-refractivity contribution in [3.63, 3.8) is 0 Å². The van der Waals surface area contributed by atoms with Gasteiger partial charge in [0, 0.05) is 15.7 Å². The minimum Gasteiger partial charge on any atom is -0.299 e. The second kappa shape index (κ2) is 8.11. The maximum absolute atomic E-state index is 12.5. The number of alkyl halides is 3. The molecule has 128 valence electrons. The number of ketones is 1. The Bertz CT molecular complexity index is 698. The van der Waals surface area contributed by atoms with Crippen molar-refractivity contribution >= 4 is 28.4 Å². The maximum Gasteiger partial charge on any atom is 0.416 e. The van der Waals surface area contributed by atoms with Gasteiger partial charge in [0.25, 0.3) is 0 Å². The van der Waals surface area contributed by atoms with Gasteiger partial charge in [-0.1, -0.05) is 30.3 Å². The SMILES string of the molecule is CN(CCc1ccccc1I)CC(=O)c1ccc(C(F)(F)F)cc1. The highest BCUT2D eigenvalue weighted by Crippen LogP contribution is 2.29.